The summed E-state index contributed by atoms with van der Waals surface area (Å²) in [6, 6.07) is 0. The second-order valence-electron chi connectivity index (χ2n) is 19.5. The standard InChI is InChI=1S/C64H110O6/c1-4-7-10-13-16-19-22-24-26-28-30-32-34-36-38-40-42-45-48-51-54-57-63(66)69-60-61(59-68-62(65)56-53-50-47-44-21-18-15-12-9-6-3)70-64(67)58-55-52-49-46-43-41-39-37-35-33-31-29-27-25-23-20-17-14-11-8-5-2/h7,10,16,19,23-26,29-32,36,38,61H,4-6,8-9,11-15,17-18,20-22,27-28,33-35,37,39-60H2,1-3H3/b10-7-,19-16-,25-23-,26-24-,31-29-,32-30-,38-36-. The highest BCUT2D eigenvalue weighted by molar-refractivity contribution is 5.71. The number of esters is 3. The van der Waals surface area contributed by atoms with Crippen molar-refractivity contribution < 1.29 is 28.6 Å². The van der Waals surface area contributed by atoms with Gasteiger partial charge in [0.05, 0.1) is 0 Å². The Morgan fingerprint density at radius 3 is 0.871 bits per heavy atom. The zero-order chi connectivity index (χ0) is 50.7. The van der Waals surface area contributed by atoms with Crippen molar-refractivity contribution in [2.45, 2.75) is 290 Å². The molecule has 1 atom stereocenters. The molecular weight excluding hydrogens is 865 g/mol. The Kier molecular flexibility index (Phi) is 55.3. The molecule has 0 heterocycles. The first-order valence-corrected chi connectivity index (χ1v) is 29.6. The lowest BCUT2D eigenvalue weighted by Crippen LogP contribution is -2.30. The van der Waals surface area contributed by atoms with Gasteiger partial charge in [0.15, 0.2) is 6.10 Å². The fraction of sp³-hybridized carbons (Fsp3) is 0.734. The second-order valence-corrected chi connectivity index (χ2v) is 19.5. The average Bonchev–Trinajstić information content (AvgIpc) is 3.36. The largest absolute Gasteiger partial charge is 0.462 e. The Labute approximate surface area is 433 Å². The summed E-state index contributed by atoms with van der Waals surface area (Å²) in [5, 5.41) is 0. The van der Waals surface area contributed by atoms with Gasteiger partial charge in [-0.05, 0) is 96.3 Å². The van der Waals surface area contributed by atoms with Crippen LogP contribution < -0.4 is 0 Å². The van der Waals surface area contributed by atoms with Crippen LogP contribution in [0.25, 0.3) is 0 Å². The minimum Gasteiger partial charge on any atom is -0.462 e. The molecule has 1 unspecified atom stereocenters. The predicted molar refractivity (Wildman–Crippen MR) is 302 cm³/mol. The monoisotopic (exact) mass is 975 g/mol. The molecule has 0 bridgehead atoms. The molecule has 0 saturated heterocycles. The van der Waals surface area contributed by atoms with Gasteiger partial charge in [-0.3, -0.25) is 14.4 Å². The lowest BCUT2D eigenvalue weighted by Gasteiger charge is -2.18. The molecule has 70 heavy (non-hydrogen) atoms. The van der Waals surface area contributed by atoms with Crippen LogP contribution in [-0.2, 0) is 28.6 Å². The van der Waals surface area contributed by atoms with Gasteiger partial charge in [-0.25, -0.2) is 0 Å². The number of ether oxygens (including phenoxy) is 3. The van der Waals surface area contributed by atoms with E-state index in [0.717, 1.165) is 116 Å². The Morgan fingerprint density at radius 2 is 0.557 bits per heavy atom. The first-order chi connectivity index (χ1) is 34.5. The van der Waals surface area contributed by atoms with Gasteiger partial charge >= 0.3 is 17.9 Å². The molecule has 0 saturated carbocycles. The van der Waals surface area contributed by atoms with Gasteiger partial charge in [0.2, 0.25) is 0 Å². The normalized spacial score (nSPS) is 12.7. The van der Waals surface area contributed by atoms with E-state index in [1.54, 1.807) is 0 Å². The smallest absolute Gasteiger partial charge is 0.306 e. The molecule has 0 aromatic heterocycles. The van der Waals surface area contributed by atoms with Crippen molar-refractivity contribution in [3.63, 3.8) is 0 Å². The number of unbranched alkanes of at least 4 members (excludes halogenated alkanes) is 28. The first kappa shape index (κ1) is 66.6. The number of hydrogen-bond acceptors (Lipinski definition) is 6. The van der Waals surface area contributed by atoms with Gasteiger partial charge < -0.3 is 14.2 Å². The fourth-order valence-corrected chi connectivity index (χ4v) is 8.21. The number of rotatable bonds is 53. The lowest BCUT2D eigenvalue weighted by molar-refractivity contribution is -0.167. The Morgan fingerprint density at radius 1 is 0.300 bits per heavy atom. The summed E-state index contributed by atoms with van der Waals surface area (Å²) in [5.41, 5.74) is 0. The Balaban J connectivity index is 4.34. The maximum Gasteiger partial charge on any atom is 0.306 e. The van der Waals surface area contributed by atoms with Crippen molar-refractivity contribution in [3.8, 4) is 0 Å². The van der Waals surface area contributed by atoms with Crippen LogP contribution in [0.5, 0.6) is 0 Å². The van der Waals surface area contributed by atoms with Crippen molar-refractivity contribution in [1.82, 2.24) is 0 Å². The zero-order valence-corrected chi connectivity index (χ0v) is 46.0. The number of hydrogen-bond donors (Lipinski definition) is 0. The van der Waals surface area contributed by atoms with Crippen molar-refractivity contribution in [2.24, 2.45) is 0 Å². The van der Waals surface area contributed by atoms with E-state index in [9.17, 15) is 14.4 Å². The number of allylic oxidation sites excluding steroid dienone is 14. The lowest BCUT2D eigenvalue weighted by atomic mass is 10.1. The minimum absolute atomic E-state index is 0.0829. The van der Waals surface area contributed by atoms with E-state index >= 15 is 0 Å². The molecular formula is C64H110O6. The van der Waals surface area contributed by atoms with Crippen LogP contribution in [0.1, 0.15) is 284 Å². The summed E-state index contributed by atoms with van der Waals surface area (Å²) in [5.74, 6) is -0.901. The van der Waals surface area contributed by atoms with Crippen molar-refractivity contribution >= 4 is 17.9 Å². The van der Waals surface area contributed by atoms with Gasteiger partial charge in [-0.1, -0.05) is 254 Å². The van der Waals surface area contributed by atoms with E-state index in [2.05, 4.69) is 106 Å². The van der Waals surface area contributed by atoms with E-state index in [1.807, 2.05) is 0 Å². The van der Waals surface area contributed by atoms with Crippen molar-refractivity contribution in [3.05, 3.63) is 85.1 Å². The van der Waals surface area contributed by atoms with Crippen LogP contribution >= 0.6 is 0 Å². The van der Waals surface area contributed by atoms with Crippen molar-refractivity contribution in [2.75, 3.05) is 13.2 Å². The second kappa shape index (κ2) is 58.2. The molecule has 0 fully saturated rings. The van der Waals surface area contributed by atoms with Crippen LogP contribution in [0.2, 0.25) is 0 Å². The minimum atomic E-state index is -0.786. The fourth-order valence-electron chi connectivity index (χ4n) is 8.21. The molecule has 0 amide bonds. The molecule has 0 N–H and O–H groups in total. The number of carbonyl (C=O) groups is 3. The van der Waals surface area contributed by atoms with Crippen LogP contribution in [0, 0.1) is 0 Å². The summed E-state index contributed by atoms with van der Waals surface area (Å²) >= 11 is 0. The molecule has 0 aliphatic rings. The quantitative estimate of drug-likeness (QED) is 0.0261. The maximum atomic E-state index is 12.9. The van der Waals surface area contributed by atoms with Gasteiger partial charge in [-0.15, -0.1) is 0 Å². The van der Waals surface area contributed by atoms with E-state index in [1.165, 1.54) is 128 Å². The SMILES string of the molecule is CC/C=C\C/C=C\C/C=C\C/C=C\C/C=C\CCCCCCCC(=O)OCC(COC(=O)CCCCCCCCCCCC)OC(=O)CCCCCCCCCCC/C=C\C/C=C\CCCCCCC. The van der Waals surface area contributed by atoms with Gasteiger partial charge in [0.25, 0.3) is 0 Å². The van der Waals surface area contributed by atoms with Crippen LogP contribution in [0.3, 0.4) is 0 Å². The summed E-state index contributed by atoms with van der Waals surface area (Å²) in [6.45, 7) is 6.50. The van der Waals surface area contributed by atoms with Crippen LogP contribution in [-0.4, -0.2) is 37.2 Å². The van der Waals surface area contributed by atoms with Crippen LogP contribution in [0.4, 0.5) is 0 Å². The molecule has 0 aliphatic heterocycles. The molecule has 0 aromatic rings. The number of carbonyl (C=O) groups excluding carboxylic acids is 3. The molecule has 6 nitrogen and oxygen atoms in total. The third kappa shape index (κ3) is 55.5. The molecule has 0 aromatic carbocycles. The van der Waals surface area contributed by atoms with E-state index in [-0.39, 0.29) is 31.1 Å². The average molecular weight is 976 g/mol. The highest BCUT2D eigenvalue weighted by Gasteiger charge is 2.19. The first-order valence-electron chi connectivity index (χ1n) is 29.6. The Bertz CT molecular complexity index is 1350. The van der Waals surface area contributed by atoms with Gasteiger partial charge in [0.1, 0.15) is 13.2 Å². The Hall–Kier alpha value is -3.41. The van der Waals surface area contributed by atoms with E-state index < -0.39 is 6.10 Å². The van der Waals surface area contributed by atoms with E-state index in [0.29, 0.717) is 19.3 Å². The highest BCUT2D eigenvalue weighted by atomic mass is 16.6. The third-order valence-electron chi connectivity index (χ3n) is 12.6. The van der Waals surface area contributed by atoms with Crippen molar-refractivity contribution in [1.29, 1.82) is 0 Å². The highest BCUT2D eigenvalue weighted by Crippen LogP contribution is 2.15. The molecule has 0 radical (unpaired) electrons. The molecule has 6 heteroatoms. The summed E-state index contributed by atoms with van der Waals surface area (Å²) in [4.78, 5) is 38.1. The van der Waals surface area contributed by atoms with Crippen LogP contribution in [0.15, 0.2) is 85.1 Å². The third-order valence-corrected chi connectivity index (χ3v) is 12.6. The van der Waals surface area contributed by atoms with Gasteiger partial charge in [0, 0.05) is 19.3 Å². The molecule has 0 spiro atoms. The molecule has 0 aliphatic carbocycles. The summed E-state index contributed by atoms with van der Waals surface area (Å²) < 4.78 is 16.8. The van der Waals surface area contributed by atoms with E-state index in [4.69, 9.17) is 14.2 Å². The van der Waals surface area contributed by atoms with Gasteiger partial charge in [-0.2, -0.15) is 0 Å². The molecule has 0 rings (SSSR count). The molecule has 402 valence electrons. The zero-order valence-electron chi connectivity index (χ0n) is 46.0. The summed E-state index contributed by atoms with van der Waals surface area (Å²) in [6.07, 6.45) is 75.8. The topological polar surface area (TPSA) is 78.9 Å². The predicted octanol–water partition coefficient (Wildman–Crippen LogP) is 19.9. The summed E-state index contributed by atoms with van der Waals surface area (Å²) in [7, 11) is 0. The maximum absolute atomic E-state index is 12.9.